The SMILES string of the molecule is CCOc1cccc(C2C(C(=O)OC)=CN(c3ccc(OC)cc3)C=C2C(=O)OC)c1. The first-order valence-corrected chi connectivity index (χ1v) is 9.77. The minimum absolute atomic E-state index is 0.301. The third kappa shape index (κ3) is 4.71. The summed E-state index contributed by atoms with van der Waals surface area (Å²) in [7, 11) is 4.21. The largest absolute Gasteiger partial charge is 0.497 e. The first kappa shape index (κ1) is 22.0. The third-order valence-electron chi connectivity index (χ3n) is 4.89. The molecule has 2 aromatic carbocycles. The number of rotatable bonds is 7. The molecule has 3 rings (SSSR count). The average Bonchev–Trinajstić information content (AvgIpc) is 2.82. The molecular formula is C24H25NO6. The van der Waals surface area contributed by atoms with Gasteiger partial charge in [0.1, 0.15) is 11.5 Å². The normalized spacial score (nSPS) is 13.7. The lowest BCUT2D eigenvalue weighted by Crippen LogP contribution is -2.28. The van der Waals surface area contributed by atoms with Gasteiger partial charge in [-0.3, -0.25) is 0 Å². The highest BCUT2D eigenvalue weighted by atomic mass is 16.5. The summed E-state index contributed by atoms with van der Waals surface area (Å²) >= 11 is 0. The molecule has 0 atom stereocenters. The second kappa shape index (κ2) is 9.84. The van der Waals surface area contributed by atoms with E-state index < -0.39 is 17.9 Å². The molecule has 0 spiro atoms. The highest BCUT2D eigenvalue weighted by molar-refractivity contribution is 6.00. The van der Waals surface area contributed by atoms with E-state index in [0.29, 0.717) is 34.8 Å². The molecule has 1 heterocycles. The second-order valence-corrected chi connectivity index (χ2v) is 6.70. The summed E-state index contributed by atoms with van der Waals surface area (Å²) in [5, 5.41) is 0. The van der Waals surface area contributed by atoms with Gasteiger partial charge in [0.05, 0.1) is 45.0 Å². The number of hydrogen-bond acceptors (Lipinski definition) is 7. The zero-order valence-corrected chi connectivity index (χ0v) is 18.0. The maximum Gasteiger partial charge on any atom is 0.336 e. The van der Waals surface area contributed by atoms with Gasteiger partial charge in [0.15, 0.2) is 0 Å². The van der Waals surface area contributed by atoms with Gasteiger partial charge in [0.25, 0.3) is 0 Å². The van der Waals surface area contributed by atoms with E-state index in [4.69, 9.17) is 18.9 Å². The fourth-order valence-electron chi connectivity index (χ4n) is 3.44. The minimum Gasteiger partial charge on any atom is -0.497 e. The van der Waals surface area contributed by atoms with Crippen molar-refractivity contribution in [3.8, 4) is 11.5 Å². The molecule has 31 heavy (non-hydrogen) atoms. The molecular weight excluding hydrogens is 398 g/mol. The predicted octanol–water partition coefficient (Wildman–Crippen LogP) is 3.81. The molecule has 0 saturated carbocycles. The van der Waals surface area contributed by atoms with E-state index in [1.807, 2.05) is 43.3 Å². The van der Waals surface area contributed by atoms with Gasteiger partial charge >= 0.3 is 11.9 Å². The molecule has 0 fully saturated rings. The van der Waals surface area contributed by atoms with E-state index in [-0.39, 0.29) is 0 Å². The van der Waals surface area contributed by atoms with Gasteiger partial charge in [-0.2, -0.15) is 0 Å². The van der Waals surface area contributed by atoms with Crippen molar-refractivity contribution in [2.24, 2.45) is 0 Å². The maximum atomic E-state index is 12.7. The number of benzene rings is 2. The number of anilines is 1. The number of carbonyl (C=O) groups excluding carboxylic acids is 2. The van der Waals surface area contributed by atoms with Crippen LogP contribution < -0.4 is 14.4 Å². The zero-order chi connectivity index (χ0) is 22.4. The van der Waals surface area contributed by atoms with Gasteiger partial charge in [-0.05, 0) is 48.9 Å². The number of methoxy groups -OCH3 is 3. The van der Waals surface area contributed by atoms with Crippen LogP contribution in [0.15, 0.2) is 72.1 Å². The first-order valence-electron chi connectivity index (χ1n) is 9.77. The van der Waals surface area contributed by atoms with Gasteiger partial charge in [-0.25, -0.2) is 9.59 Å². The standard InChI is InChI=1S/C24H25NO6/c1-5-31-19-8-6-7-16(13-19)22-20(23(26)29-3)14-25(15-21(22)24(27)30-4)17-9-11-18(28-2)12-10-17/h6-15,22H,5H2,1-4H3. The Morgan fingerprint density at radius 3 is 2.00 bits per heavy atom. The molecule has 2 aromatic rings. The van der Waals surface area contributed by atoms with E-state index in [0.717, 1.165) is 5.69 Å². The Bertz CT molecular complexity index is 975. The topological polar surface area (TPSA) is 74.3 Å². The quantitative estimate of drug-likeness (QED) is 0.627. The lowest BCUT2D eigenvalue weighted by Gasteiger charge is -2.30. The fourth-order valence-corrected chi connectivity index (χ4v) is 3.44. The van der Waals surface area contributed by atoms with E-state index in [1.165, 1.54) is 14.2 Å². The second-order valence-electron chi connectivity index (χ2n) is 6.70. The molecule has 0 bridgehead atoms. The molecule has 0 N–H and O–H groups in total. The van der Waals surface area contributed by atoms with Crippen LogP contribution in [-0.2, 0) is 19.1 Å². The number of carbonyl (C=O) groups is 2. The summed E-state index contributed by atoms with van der Waals surface area (Å²) in [6.45, 7) is 2.39. The van der Waals surface area contributed by atoms with Crippen LogP contribution in [0.5, 0.6) is 11.5 Å². The number of hydrogen-bond donors (Lipinski definition) is 0. The van der Waals surface area contributed by atoms with Crippen LogP contribution >= 0.6 is 0 Å². The third-order valence-corrected chi connectivity index (χ3v) is 4.89. The van der Waals surface area contributed by atoms with Crippen LogP contribution in [-0.4, -0.2) is 39.9 Å². The zero-order valence-electron chi connectivity index (χ0n) is 18.0. The van der Waals surface area contributed by atoms with Gasteiger partial charge in [0.2, 0.25) is 0 Å². The van der Waals surface area contributed by atoms with Crippen LogP contribution in [0.4, 0.5) is 5.69 Å². The molecule has 1 aliphatic rings. The highest BCUT2D eigenvalue weighted by Gasteiger charge is 2.35. The minimum atomic E-state index is -0.671. The number of ether oxygens (including phenoxy) is 4. The summed E-state index contributed by atoms with van der Waals surface area (Å²) in [5.74, 6) is -0.416. The Morgan fingerprint density at radius 1 is 0.871 bits per heavy atom. The summed E-state index contributed by atoms with van der Waals surface area (Å²) in [5.41, 5.74) is 2.06. The van der Waals surface area contributed by atoms with Crippen molar-refractivity contribution in [3.63, 3.8) is 0 Å². The lowest BCUT2D eigenvalue weighted by atomic mass is 9.83. The molecule has 162 valence electrons. The van der Waals surface area contributed by atoms with Crippen molar-refractivity contribution in [3.05, 3.63) is 77.6 Å². The Kier molecular flexibility index (Phi) is 6.97. The summed E-state index contributed by atoms with van der Waals surface area (Å²) < 4.78 is 20.9. The maximum absolute atomic E-state index is 12.7. The number of esters is 2. The Morgan fingerprint density at radius 2 is 1.48 bits per heavy atom. The molecule has 0 unspecified atom stereocenters. The highest BCUT2D eigenvalue weighted by Crippen LogP contribution is 2.39. The van der Waals surface area contributed by atoms with Crippen LogP contribution in [0.3, 0.4) is 0 Å². The monoisotopic (exact) mass is 423 g/mol. The average molecular weight is 423 g/mol. The van der Waals surface area contributed by atoms with Gasteiger partial charge < -0.3 is 23.8 Å². The van der Waals surface area contributed by atoms with Crippen molar-refractivity contribution in [1.82, 2.24) is 0 Å². The Labute approximate surface area is 181 Å². The van der Waals surface area contributed by atoms with Crippen molar-refractivity contribution >= 4 is 17.6 Å². The molecule has 0 saturated heterocycles. The molecule has 0 radical (unpaired) electrons. The lowest BCUT2D eigenvalue weighted by molar-refractivity contribution is -0.137. The summed E-state index contributed by atoms with van der Waals surface area (Å²) in [6.07, 6.45) is 3.33. The molecule has 7 heteroatoms. The molecule has 7 nitrogen and oxygen atoms in total. The van der Waals surface area contributed by atoms with Crippen LogP contribution in [0, 0.1) is 0 Å². The van der Waals surface area contributed by atoms with Crippen LogP contribution in [0.25, 0.3) is 0 Å². The van der Waals surface area contributed by atoms with Gasteiger partial charge in [-0.15, -0.1) is 0 Å². The van der Waals surface area contributed by atoms with Crippen molar-refractivity contribution in [2.75, 3.05) is 32.8 Å². The Hall–Kier alpha value is -3.74. The summed E-state index contributed by atoms with van der Waals surface area (Å²) in [4.78, 5) is 27.2. The van der Waals surface area contributed by atoms with Crippen molar-refractivity contribution in [2.45, 2.75) is 12.8 Å². The molecule has 0 aliphatic carbocycles. The first-order chi connectivity index (χ1) is 15.0. The van der Waals surface area contributed by atoms with Crippen LogP contribution in [0.1, 0.15) is 18.4 Å². The fraction of sp³-hybridized carbons (Fsp3) is 0.250. The Balaban J connectivity index is 2.13. The number of nitrogens with zero attached hydrogens (tertiary/aromatic N) is 1. The van der Waals surface area contributed by atoms with Crippen molar-refractivity contribution < 1.29 is 28.5 Å². The van der Waals surface area contributed by atoms with E-state index in [9.17, 15) is 9.59 Å². The van der Waals surface area contributed by atoms with Crippen LogP contribution in [0.2, 0.25) is 0 Å². The van der Waals surface area contributed by atoms with Gasteiger partial charge in [0, 0.05) is 18.1 Å². The molecule has 0 amide bonds. The van der Waals surface area contributed by atoms with E-state index in [1.54, 1.807) is 36.5 Å². The predicted molar refractivity (Wildman–Crippen MR) is 116 cm³/mol. The smallest absolute Gasteiger partial charge is 0.336 e. The molecule has 0 aromatic heterocycles. The molecule has 1 aliphatic heterocycles. The van der Waals surface area contributed by atoms with Gasteiger partial charge in [-0.1, -0.05) is 12.1 Å². The van der Waals surface area contributed by atoms with E-state index >= 15 is 0 Å². The van der Waals surface area contributed by atoms with Crippen molar-refractivity contribution in [1.29, 1.82) is 0 Å². The summed E-state index contributed by atoms with van der Waals surface area (Å²) in [6, 6.07) is 14.5. The van der Waals surface area contributed by atoms with E-state index in [2.05, 4.69) is 0 Å².